The molecule has 4 rings (SSSR count). The highest BCUT2D eigenvalue weighted by Crippen LogP contribution is 2.31. The number of anilines is 2. The molecule has 0 unspecified atom stereocenters. The molecule has 0 saturated heterocycles. The largest absolute Gasteiger partial charge is 0.384 e. The van der Waals surface area contributed by atoms with Crippen LogP contribution >= 0.6 is 11.6 Å². The van der Waals surface area contributed by atoms with Gasteiger partial charge in [-0.15, -0.1) is 0 Å². The molecule has 0 aliphatic heterocycles. The highest BCUT2D eigenvalue weighted by atomic mass is 35.5. The zero-order chi connectivity index (χ0) is 20.5. The van der Waals surface area contributed by atoms with Crippen LogP contribution in [0.1, 0.15) is 26.3 Å². The van der Waals surface area contributed by atoms with Crippen LogP contribution in [-0.2, 0) is 0 Å². The second-order valence-corrected chi connectivity index (χ2v) is 7.13. The normalized spacial score (nSPS) is 10.8. The summed E-state index contributed by atoms with van der Waals surface area (Å²) in [4.78, 5) is 26.2. The van der Waals surface area contributed by atoms with Crippen molar-refractivity contribution in [3.63, 3.8) is 0 Å². The Balaban J connectivity index is 1.83. The summed E-state index contributed by atoms with van der Waals surface area (Å²) in [5.41, 5.74) is 9.14. The molecule has 6 heteroatoms. The molecule has 1 aromatic heterocycles. The number of nitrogens with two attached hydrogens (primary N) is 1. The first-order valence-electron chi connectivity index (χ1n) is 9.03. The van der Waals surface area contributed by atoms with Crippen molar-refractivity contribution in [1.29, 1.82) is 0 Å². The summed E-state index contributed by atoms with van der Waals surface area (Å²) in [6.45, 7) is 1.95. The predicted molar refractivity (Wildman–Crippen MR) is 117 cm³/mol. The fourth-order valence-electron chi connectivity index (χ4n) is 3.29. The molecule has 5 nitrogen and oxygen atoms in total. The first-order chi connectivity index (χ1) is 14.0. The first kappa shape index (κ1) is 18.8. The number of nitrogen functional groups attached to an aromatic ring is 1. The molecule has 4 aromatic rings. The van der Waals surface area contributed by atoms with Crippen molar-refractivity contribution in [1.82, 2.24) is 4.57 Å². The van der Waals surface area contributed by atoms with E-state index in [9.17, 15) is 9.59 Å². The standard InChI is InChI=1S/C23H18ClN3O2/c1-14-10-12-15(13-11-14)23(29)27-19-9-5-2-6-16(19)20(21(27)25)22(28)26-18-8-4-3-7-17(18)24/h2-13H,25H2,1H3,(H,26,28). The van der Waals surface area contributed by atoms with E-state index in [0.717, 1.165) is 5.56 Å². The molecular weight excluding hydrogens is 386 g/mol. The number of rotatable bonds is 3. The summed E-state index contributed by atoms with van der Waals surface area (Å²) in [5.74, 6) is -0.640. The lowest BCUT2D eigenvalue weighted by atomic mass is 10.1. The van der Waals surface area contributed by atoms with Crippen LogP contribution in [-0.4, -0.2) is 16.4 Å². The van der Waals surface area contributed by atoms with Gasteiger partial charge in [0.2, 0.25) is 0 Å². The molecule has 1 amide bonds. The zero-order valence-electron chi connectivity index (χ0n) is 15.6. The van der Waals surface area contributed by atoms with E-state index in [1.807, 2.05) is 19.1 Å². The average molecular weight is 404 g/mol. The number of benzene rings is 3. The summed E-state index contributed by atoms with van der Waals surface area (Å²) in [6, 6.07) is 21.3. The monoisotopic (exact) mass is 403 g/mol. The number of hydrogen-bond acceptors (Lipinski definition) is 3. The van der Waals surface area contributed by atoms with Gasteiger partial charge in [0, 0.05) is 10.9 Å². The van der Waals surface area contributed by atoms with Gasteiger partial charge in [-0.25, -0.2) is 0 Å². The van der Waals surface area contributed by atoms with Crippen LogP contribution < -0.4 is 11.1 Å². The van der Waals surface area contributed by atoms with Gasteiger partial charge in [0.25, 0.3) is 11.8 Å². The van der Waals surface area contributed by atoms with Gasteiger partial charge in [0.1, 0.15) is 5.82 Å². The molecule has 0 saturated carbocycles. The van der Waals surface area contributed by atoms with Crippen molar-refractivity contribution in [2.24, 2.45) is 0 Å². The lowest BCUT2D eigenvalue weighted by Gasteiger charge is -2.09. The van der Waals surface area contributed by atoms with Gasteiger partial charge in [-0.3, -0.25) is 14.2 Å². The molecule has 3 N–H and O–H groups in total. The van der Waals surface area contributed by atoms with Crippen LogP contribution in [0.5, 0.6) is 0 Å². The van der Waals surface area contributed by atoms with Crippen LogP contribution in [0.25, 0.3) is 10.9 Å². The molecule has 0 aliphatic rings. The smallest absolute Gasteiger partial charge is 0.263 e. The van der Waals surface area contributed by atoms with Crippen molar-refractivity contribution in [3.05, 3.63) is 94.5 Å². The second kappa shape index (κ2) is 7.45. The van der Waals surface area contributed by atoms with Gasteiger partial charge in [-0.1, -0.05) is 59.6 Å². The number of para-hydroxylation sites is 2. The van der Waals surface area contributed by atoms with E-state index in [2.05, 4.69) is 5.32 Å². The second-order valence-electron chi connectivity index (χ2n) is 6.72. The number of aromatic nitrogens is 1. The minimum atomic E-state index is -0.428. The van der Waals surface area contributed by atoms with Crippen molar-refractivity contribution in [3.8, 4) is 0 Å². The Bertz CT molecular complexity index is 1240. The maximum atomic E-state index is 13.2. The maximum Gasteiger partial charge on any atom is 0.263 e. The SMILES string of the molecule is Cc1ccc(C(=O)n2c(N)c(C(=O)Nc3ccccc3Cl)c3ccccc32)cc1. The van der Waals surface area contributed by atoms with Gasteiger partial charge >= 0.3 is 0 Å². The minimum absolute atomic E-state index is 0.0846. The number of carbonyl (C=O) groups is 2. The quantitative estimate of drug-likeness (QED) is 0.498. The first-order valence-corrected chi connectivity index (χ1v) is 9.41. The summed E-state index contributed by atoms with van der Waals surface area (Å²) in [5, 5.41) is 3.79. The van der Waals surface area contributed by atoms with E-state index in [1.54, 1.807) is 60.7 Å². The Morgan fingerprint density at radius 1 is 0.931 bits per heavy atom. The molecule has 0 fully saturated rings. The predicted octanol–water partition coefficient (Wildman–Crippen LogP) is 5.13. The summed E-state index contributed by atoms with van der Waals surface area (Å²) >= 11 is 6.16. The number of aryl methyl sites for hydroxylation is 1. The highest BCUT2D eigenvalue weighted by molar-refractivity contribution is 6.34. The molecule has 0 bridgehead atoms. The molecule has 29 heavy (non-hydrogen) atoms. The Morgan fingerprint density at radius 2 is 1.59 bits per heavy atom. The Labute approximate surface area is 172 Å². The number of carbonyl (C=O) groups excluding carboxylic acids is 2. The van der Waals surface area contributed by atoms with Crippen LogP contribution in [0.4, 0.5) is 11.5 Å². The van der Waals surface area contributed by atoms with Crippen LogP contribution in [0, 0.1) is 6.92 Å². The third-order valence-electron chi connectivity index (χ3n) is 4.76. The van der Waals surface area contributed by atoms with Gasteiger partial charge in [-0.05, 0) is 37.3 Å². The molecule has 0 radical (unpaired) electrons. The minimum Gasteiger partial charge on any atom is -0.384 e. The van der Waals surface area contributed by atoms with E-state index >= 15 is 0 Å². The molecular formula is C23H18ClN3O2. The molecule has 1 heterocycles. The number of halogens is 1. The fourth-order valence-corrected chi connectivity index (χ4v) is 3.47. The number of amides is 1. The van der Waals surface area contributed by atoms with Crippen molar-refractivity contribution in [2.75, 3.05) is 11.1 Å². The summed E-state index contributed by atoms with van der Waals surface area (Å²) < 4.78 is 1.38. The third kappa shape index (κ3) is 3.37. The van der Waals surface area contributed by atoms with Crippen LogP contribution in [0.2, 0.25) is 5.02 Å². The number of nitrogens with zero attached hydrogens (tertiary/aromatic N) is 1. The van der Waals surface area contributed by atoms with Crippen LogP contribution in [0.15, 0.2) is 72.8 Å². The van der Waals surface area contributed by atoms with E-state index in [1.165, 1.54) is 4.57 Å². The number of nitrogens with one attached hydrogen (secondary N) is 1. The van der Waals surface area contributed by atoms with Gasteiger partial charge < -0.3 is 11.1 Å². The molecule has 0 spiro atoms. The lowest BCUT2D eigenvalue weighted by molar-refractivity contribution is 0.0967. The van der Waals surface area contributed by atoms with Gasteiger partial charge in [0.05, 0.1) is 21.8 Å². The number of fused-ring (bicyclic) bond motifs is 1. The summed E-state index contributed by atoms with van der Waals surface area (Å²) in [7, 11) is 0. The highest BCUT2D eigenvalue weighted by Gasteiger charge is 2.25. The fraction of sp³-hybridized carbons (Fsp3) is 0.0435. The molecule has 0 aliphatic carbocycles. The Kier molecular flexibility index (Phi) is 4.82. The van der Waals surface area contributed by atoms with Gasteiger partial charge in [0.15, 0.2) is 0 Å². The van der Waals surface area contributed by atoms with Crippen molar-refractivity contribution in [2.45, 2.75) is 6.92 Å². The maximum absolute atomic E-state index is 13.2. The van der Waals surface area contributed by atoms with E-state index in [-0.39, 0.29) is 17.3 Å². The van der Waals surface area contributed by atoms with Crippen LogP contribution in [0.3, 0.4) is 0 Å². The zero-order valence-corrected chi connectivity index (χ0v) is 16.4. The van der Waals surface area contributed by atoms with Crippen molar-refractivity contribution >= 4 is 45.8 Å². The summed E-state index contributed by atoms with van der Waals surface area (Å²) in [6.07, 6.45) is 0. The molecule has 3 aromatic carbocycles. The van der Waals surface area contributed by atoms with E-state index in [0.29, 0.717) is 27.2 Å². The Hall–Kier alpha value is -3.57. The van der Waals surface area contributed by atoms with E-state index in [4.69, 9.17) is 17.3 Å². The van der Waals surface area contributed by atoms with Gasteiger partial charge in [-0.2, -0.15) is 0 Å². The molecule has 0 atom stereocenters. The third-order valence-corrected chi connectivity index (χ3v) is 5.09. The number of hydrogen-bond donors (Lipinski definition) is 2. The lowest BCUT2D eigenvalue weighted by Crippen LogP contribution is -2.18. The Morgan fingerprint density at radius 3 is 2.31 bits per heavy atom. The average Bonchev–Trinajstić information content (AvgIpc) is 3.01. The van der Waals surface area contributed by atoms with Crippen molar-refractivity contribution < 1.29 is 9.59 Å². The molecule has 144 valence electrons. The topological polar surface area (TPSA) is 77.1 Å². The van der Waals surface area contributed by atoms with E-state index < -0.39 is 5.91 Å².